The number of aryl methyl sites for hydroxylation is 1. The number of para-hydroxylation sites is 1. The Balaban J connectivity index is 1.83. The van der Waals surface area contributed by atoms with E-state index in [-0.39, 0.29) is 0 Å². The number of nitrogens with zero attached hydrogens (tertiary/aromatic N) is 1. The average molecular weight is 252 g/mol. The Morgan fingerprint density at radius 2 is 2.00 bits per heavy atom. The third-order valence-corrected chi connectivity index (χ3v) is 3.99. The first-order chi connectivity index (χ1) is 9.28. The monoisotopic (exact) mass is 252 g/mol. The SMILES string of the molecule is Cc1cc(CN)ccc1CN1CCc2ccccc21. The lowest BCUT2D eigenvalue weighted by molar-refractivity contribution is 0.830. The van der Waals surface area contributed by atoms with Crippen LogP contribution in [0.4, 0.5) is 5.69 Å². The molecule has 0 aromatic heterocycles. The maximum absolute atomic E-state index is 5.69. The molecule has 0 bridgehead atoms. The van der Waals surface area contributed by atoms with Crippen LogP contribution in [0, 0.1) is 6.92 Å². The first-order valence-electron chi connectivity index (χ1n) is 6.89. The molecule has 2 N–H and O–H groups in total. The number of fused-ring (bicyclic) bond motifs is 1. The molecule has 0 fully saturated rings. The Hall–Kier alpha value is -1.80. The highest BCUT2D eigenvalue weighted by molar-refractivity contribution is 5.58. The molecule has 0 atom stereocenters. The Morgan fingerprint density at radius 3 is 2.79 bits per heavy atom. The van der Waals surface area contributed by atoms with Crippen LogP contribution < -0.4 is 10.6 Å². The van der Waals surface area contributed by atoms with E-state index in [0.29, 0.717) is 6.54 Å². The van der Waals surface area contributed by atoms with E-state index >= 15 is 0 Å². The van der Waals surface area contributed by atoms with E-state index < -0.39 is 0 Å². The summed E-state index contributed by atoms with van der Waals surface area (Å²) in [6.45, 7) is 4.91. The second-order valence-corrected chi connectivity index (χ2v) is 5.27. The van der Waals surface area contributed by atoms with Crippen molar-refractivity contribution in [1.29, 1.82) is 0 Å². The number of rotatable bonds is 3. The molecule has 98 valence electrons. The van der Waals surface area contributed by atoms with Crippen molar-refractivity contribution in [2.75, 3.05) is 11.4 Å². The summed E-state index contributed by atoms with van der Waals surface area (Å²) in [5.41, 5.74) is 12.5. The second-order valence-electron chi connectivity index (χ2n) is 5.27. The van der Waals surface area contributed by atoms with E-state index in [1.165, 1.54) is 27.9 Å². The fourth-order valence-electron chi connectivity index (χ4n) is 2.84. The highest BCUT2D eigenvalue weighted by atomic mass is 15.1. The normalized spacial score (nSPS) is 13.7. The van der Waals surface area contributed by atoms with Gasteiger partial charge in [0, 0.05) is 25.3 Å². The lowest BCUT2D eigenvalue weighted by Crippen LogP contribution is -2.20. The van der Waals surface area contributed by atoms with E-state index in [1.54, 1.807) is 0 Å². The summed E-state index contributed by atoms with van der Waals surface area (Å²) in [6, 6.07) is 15.3. The average Bonchev–Trinajstić information content (AvgIpc) is 2.84. The molecule has 0 amide bonds. The summed E-state index contributed by atoms with van der Waals surface area (Å²) in [4.78, 5) is 2.47. The minimum atomic E-state index is 0.619. The van der Waals surface area contributed by atoms with Crippen LogP contribution in [-0.2, 0) is 19.5 Å². The molecule has 3 rings (SSSR count). The van der Waals surface area contributed by atoms with Crippen LogP contribution in [0.1, 0.15) is 22.3 Å². The largest absolute Gasteiger partial charge is 0.367 e. The molecule has 0 unspecified atom stereocenters. The molecule has 0 spiro atoms. The van der Waals surface area contributed by atoms with Crippen LogP contribution in [0.3, 0.4) is 0 Å². The minimum Gasteiger partial charge on any atom is -0.367 e. The molecule has 0 saturated carbocycles. The van der Waals surface area contributed by atoms with E-state index in [1.807, 2.05) is 0 Å². The minimum absolute atomic E-state index is 0.619. The Kier molecular flexibility index (Phi) is 3.26. The number of hydrogen-bond donors (Lipinski definition) is 1. The maximum atomic E-state index is 5.69. The Labute approximate surface area is 114 Å². The summed E-state index contributed by atoms with van der Waals surface area (Å²) >= 11 is 0. The van der Waals surface area contributed by atoms with Crippen molar-refractivity contribution in [3.05, 3.63) is 64.7 Å². The number of benzene rings is 2. The maximum Gasteiger partial charge on any atom is 0.0432 e. The van der Waals surface area contributed by atoms with Crippen molar-refractivity contribution >= 4 is 5.69 Å². The van der Waals surface area contributed by atoms with Gasteiger partial charge >= 0.3 is 0 Å². The molecular weight excluding hydrogens is 232 g/mol. The molecule has 1 heterocycles. The van der Waals surface area contributed by atoms with Crippen LogP contribution in [0.25, 0.3) is 0 Å². The first kappa shape index (κ1) is 12.2. The van der Waals surface area contributed by atoms with Gasteiger partial charge in [-0.1, -0.05) is 36.4 Å². The molecular formula is C17H20N2. The molecule has 2 aromatic rings. The van der Waals surface area contributed by atoms with Crippen LogP contribution in [0.15, 0.2) is 42.5 Å². The summed E-state index contributed by atoms with van der Waals surface area (Å²) in [5, 5.41) is 0. The summed E-state index contributed by atoms with van der Waals surface area (Å²) < 4.78 is 0. The lowest BCUT2D eigenvalue weighted by atomic mass is 10.0. The third kappa shape index (κ3) is 2.36. The lowest BCUT2D eigenvalue weighted by Gasteiger charge is -2.21. The van der Waals surface area contributed by atoms with Gasteiger partial charge in [-0.3, -0.25) is 0 Å². The van der Waals surface area contributed by atoms with Crippen molar-refractivity contribution in [1.82, 2.24) is 0 Å². The van der Waals surface area contributed by atoms with Crippen LogP contribution in [0.5, 0.6) is 0 Å². The van der Waals surface area contributed by atoms with E-state index in [4.69, 9.17) is 5.73 Å². The molecule has 2 heteroatoms. The van der Waals surface area contributed by atoms with Gasteiger partial charge in [-0.05, 0) is 41.7 Å². The van der Waals surface area contributed by atoms with Gasteiger partial charge in [0.2, 0.25) is 0 Å². The van der Waals surface area contributed by atoms with Gasteiger partial charge in [0.1, 0.15) is 0 Å². The van der Waals surface area contributed by atoms with Gasteiger partial charge in [-0.15, -0.1) is 0 Å². The fraction of sp³-hybridized carbons (Fsp3) is 0.294. The molecule has 2 nitrogen and oxygen atoms in total. The predicted molar refractivity (Wildman–Crippen MR) is 80.3 cm³/mol. The van der Waals surface area contributed by atoms with Gasteiger partial charge in [-0.2, -0.15) is 0 Å². The quantitative estimate of drug-likeness (QED) is 0.910. The molecule has 0 aliphatic carbocycles. The Morgan fingerprint density at radius 1 is 1.16 bits per heavy atom. The van der Waals surface area contributed by atoms with Gasteiger partial charge in [0.15, 0.2) is 0 Å². The summed E-state index contributed by atoms with van der Waals surface area (Å²) in [7, 11) is 0. The number of hydrogen-bond acceptors (Lipinski definition) is 2. The van der Waals surface area contributed by atoms with E-state index in [2.05, 4.69) is 54.3 Å². The molecule has 0 saturated heterocycles. The number of nitrogens with two attached hydrogens (primary N) is 1. The molecule has 1 aliphatic rings. The number of anilines is 1. The van der Waals surface area contributed by atoms with Gasteiger partial charge in [-0.25, -0.2) is 0 Å². The summed E-state index contributed by atoms with van der Waals surface area (Å²) in [6.07, 6.45) is 1.16. The van der Waals surface area contributed by atoms with Crippen molar-refractivity contribution in [3.8, 4) is 0 Å². The van der Waals surface area contributed by atoms with Gasteiger partial charge in [0.25, 0.3) is 0 Å². The molecule has 1 aliphatic heterocycles. The zero-order valence-electron chi connectivity index (χ0n) is 11.4. The van der Waals surface area contributed by atoms with Crippen LogP contribution in [-0.4, -0.2) is 6.54 Å². The predicted octanol–water partition coefficient (Wildman–Crippen LogP) is 3.02. The van der Waals surface area contributed by atoms with Crippen molar-refractivity contribution < 1.29 is 0 Å². The van der Waals surface area contributed by atoms with Crippen molar-refractivity contribution in [2.24, 2.45) is 5.73 Å². The second kappa shape index (κ2) is 5.06. The summed E-state index contributed by atoms with van der Waals surface area (Å²) in [5.74, 6) is 0. The zero-order valence-corrected chi connectivity index (χ0v) is 11.4. The topological polar surface area (TPSA) is 29.3 Å². The Bertz CT molecular complexity index is 590. The van der Waals surface area contributed by atoms with Crippen molar-refractivity contribution in [2.45, 2.75) is 26.4 Å². The van der Waals surface area contributed by atoms with E-state index in [9.17, 15) is 0 Å². The third-order valence-electron chi connectivity index (χ3n) is 3.99. The highest BCUT2D eigenvalue weighted by Crippen LogP contribution is 2.29. The van der Waals surface area contributed by atoms with Crippen LogP contribution in [0.2, 0.25) is 0 Å². The standard InChI is InChI=1S/C17H20N2/c1-13-10-14(11-18)6-7-16(13)12-19-9-8-15-4-2-3-5-17(15)19/h2-7,10H,8-9,11-12,18H2,1H3. The van der Waals surface area contributed by atoms with Gasteiger partial charge in [0.05, 0.1) is 0 Å². The zero-order chi connectivity index (χ0) is 13.2. The molecule has 19 heavy (non-hydrogen) atoms. The molecule has 0 radical (unpaired) electrons. The molecule has 2 aromatic carbocycles. The van der Waals surface area contributed by atoms with Gasteiger partial charge < -0.3 is 10.6 Å². The van der Waals surface area contributed by atoms with E-state index in [0.717, 1.165) is 19.5 Å². The fourth-order valence-corrected chi connectivity index (χ4v) is 2.84. The van der Waals surface area contributed by atoms with Crippen molar-refractivity contribution in [3.63, 3.8) is 0 Å². The highest BCUT2D eigenvalue weighted by Gasteiger charge is 2.18. The first-order valence-corrected chi connectivity index (χ1v) is 6.89. The smallest absolute Gasteiger partial charge is 0.0432 e. The van der Waals surface area contributed by atoms with Crippen LogP contribution >= 0.6 is 0 Å².